The van der Waals surface area contributed by atoms with E-state index in [0.717, 1.165) is 32.4 Å². The van der Waals surface area contributed by atoms with Crippen molar-refractivity contribution in [3.63, 3.8) is 0 Å². The van der Waals surface area contributed by atoms with Gasteiger partial charge in [0.05, 0.1) is 5.69 Å². The van der Waals surface area contributed by atoms with E-state index in [9.17, 15) is 8.42 Å². The summed E-state index contributed by atoms with van der Waals surface area (Å²) in [5, 5.41) is 1.74. The summed E-state index contributed by atoms with van der Waals surface area (Å²) < 4.78 is 25.1. The van der Waals surface area contributed by atoms with Gasteiger partial charge in [-0.15, -0.1) is 4.83 Å². The molecule has 0 amide bonds. The van der Waals surface area contributed by atoms with Gasteiger partial charge in [0.25, 0.3) is 10.0 Å². The van der Waals surface area contributed by atoms with Crippen LogP contribution in [0.1, 0.15) is 19.3 Å². The fourth-order valence-electron chi connectivity index (χ4n) is 1.95. The number of nitrogens with two attached hydrogens (primary N) is 1. The monoisotopic (exact) mass is 333 g/mol. The number of anilines is 1. The van der Waals surface area contributed by atoms with Gasteiger partial charge in [-0.05, 0) is 31.0 Å². The van der Waals surface area contributed by atoms with Crippen LogP contribution in [-0.4, -0.2) is 26.5 Å². The Morgan fingerprint density at radius 1 is 1.22 bits per heavy atom. The molecule has 0 unspecified atom stereocenters. The van der Waals surface area contributed by atoms with E-state index in [1.165, 1.54) is 6.07 Å². The average molecular weight is 334 g/mol. The number of nitrogens with zero attached hydrogens (tertiary/aromatic N) is 1. The van der Waals surface area contributed by atoms with Crippen LogP contribution in [0.15, 0.2) is 27.6 Å². The Morgan fingerprint density at radius 2 is 1.89 bits per heavy atom. The quantitative estimate of drug-likeness (QED) is 0.825. The minimum Gasteiger partial charge on any atom is -0.398 e. The van der Waals surface area contributed by atoms with Crippen molar-refractivity contribution in [2.45, 2.75) is 24.2 Å². The molecular formula is C11H16BrN3O2S. The van der Waals surface area contributed by atoms with Crippen molar-refractivity contribution >= 4 is 31.6 Å². The van der Waals surface area contributed by atoms with E-state index in [1.807, 2.05) is 0 Å². The normalized spacial score (nSPS) is 17.8. The minimum absolute atomic E-state index is 0.113. The predicted molar refractivity (Wildman–Crippen MR) is 74.3 cm³/mol. The third-order valence-corrected chi connectivity index (χ3v) is 4.79. The van der Waals surface area contributed by atoms with Crippen LogP contribution in [-0.2, 0) is 10.0 Å². The number of nitrogen functional groups attached to an aromatic ring is 1. The molecule has 0 aromatic heterocycles. The van der Waals surface area contributed by atoms with Crippen molar-refractivity contribution in [2.24, 2.45) is 0 Å². The van der Waals surface area contributed by atoms with Crippen LogP contribution in [0.5, 0.6) is 0 Å². The highest BCUT2D eigenvalue weighted by atomic mass is 79.9. The van der Waals surface area contributed by atoms with Crippen LogP contribution < -0.4 is 10.6 Å². The summed E-state index contributed by atoms with van der Waals surface area (Å²) in [6.45, 7) is 1.49. The number of hydrogen-bond donors (Lipinski definition) is 2. The van der Waals surface area contributed by atoms with E-state index in [0.29, 0.717) is 4.47 Å². The number of sulfonamides is 1. The van der Waals surface area contributed by atoms with E-state index in [1.54, 1.807) is 17.1 Å². The van der Waals surface area contributed by atoms with E-state index in [4.69, 9.17) is 5.73 Å². The molecule has 1 saturated heterocycles. The maximum Gasteiger partial charge on any atom is 0.255 e. The fraction of sp³-hybridized carbons (Fsp3) is 0.455. The van der Waals surface area contributed by atoms with Gasteiger partial charge in [-0.3, -0.25) is 0 Å². The molecule has 100 valence electrons. The van der Waals surface area contributed by atoms with Crippen molar-refractivity contribution in [1.29, 1.82) is 0 Å². The molecule has 1 aliphatic rings. The van der Waals surface area contributed by atoms with Crippen LogP contribution in [0.2, 0.25) is 0 Å². The second-order valence-electron chi connectivity index (χ2n) is 4.32. The zero-order valence-electron chi connectivity index (χ0n) is 9.89. The Balaban J connectivity index is 2.21. The number of nitrogens with one attached hydrogen (secondary N) is 1. The Labute approximate surface area is 115 Å². The summed E-state index contributed by atoms with van der Waals surface area (Å²) >= 11 is 3.25. The molecular weight excluding hydrogens is 318 g/mol. The van der Waals surface area contributed by atoms with Crippen molar-refractivity contribution in [2.75, 3.05) is 18.8 Å². The van der Waals surface area contributed by atoms with Crippen LogP contribution in [0.25, 0.3) is 0 Å². The average Bonchev–Trinajstić information content (AvgIpc) is 2.33. The molecule has 1 aromatic rings. The van der Waals surface area contributed by atoms with Gasteiger partial charge in [0.15, 0.2) is 0 Å². The first-order chi connectivity index (χ1) is 8.49. The van der Waals surface area contributed by atoms with Gasteiger partial charge in [-0.2, -0.15) is 0 Å². The van der Waals surface area contributed by atoms with Gasteiger partial charge < -0.3 is 5.73 Å². The molecule has 0 atom stereocenters. The summed E-state index contributed by atoms with van der Waals surface area (Å²) in [5.41, 5.74) is 5.97. The van der Waals surface area contributed by atoms with Crippen LogP contribution in [0, 0.1) is 0 Å². The van der Waals surface area contributed by atoms with Gasteiger partial charge in [0.2, 0.25) is 0 Å². The Morgan fingerprint density at radius 3 is 2.56 bits per heavy atom. The molecule has 18 heavy (non-hydrogen) atoms. The third kappa shape index (κ3) is 3.23. The van der Waals surface area contributed by atoms with Crippen LogP contribution in [0.3, 0.4) is 0 Å². The lowest BCUT2D eigenvalue weighted by atomic mass is 10.2. The van der Waals surface area contributed by atoms with Crippen molar-refractivity contribution in [1.82, 2.24) is 9.84 Å². The summed E-state index contributed by atoms with van der Waals surface area (Å²) in [6.07, 6.45) is 3.17. The second-order valence-corrected chi connectivity index (χ2v) is 6.87. The molecule has 1 heterocycles. The van der Waals surface area contributed by atoms with E-state index in [2.05, 4.69) is 20.8 Å². The standard InChI is InChI=1S/C11H16BrN3O2S/c12-9-4-5-10(13)11(8-9)18(16,17)14-15-6-2-1-3-7-15/h4-5,8,14H,1-3,6-7,13H2. The number of rotatable bonds is 3. The zero-order valence-corrected chi connectivity index (χ0v) is 12.3. The van der Waals surface area contributed by atoms with Crippen molar-refractivity contribution < 1.29 is 8.42 Å². The molecule has 7 heteroatoms. The minimum atomic E-state index is -3.59. The van der Waals surface area contributed by atoms with Gasteiger partial charge in [0, 0.05) is 17.6 Å². The lowest BCUT2D eigenvalue weighted by molar-refractivity contribution is 0.200. The molecule has 2 rings (SSSR count). The number of piperidine rings is 1. The molecule has 0 spiro atoms. The molecule has 0 radical (unpaired) electrons. The topological polar surface area (TPSA) is 75.4 Å². The zero-order chi connectivity index (χ0) is 13.2. The summed E-state index contributed by atoms with van der Waals surface area (Å²) in [6, 6.07) is 4.81. The number of halogens is 1. The highest BCUT2D eigenvalue weighted by molar-refractivity contribution is 9.10. The van der Waals surface area contributed by atoms with Crippen molar-refractivity contribution in [3.8, 4) is 0 Å². The highest BCUT2D eigenvalue weighted by Crippen LogP contribution is 2.23. The molecule has 1 aliphatic heterocycles. The van der Waals surface area contributed by atoms with Crippen molar-refractivity contribution in [3.05, 3.63) is 22.7 Å². The Kier molecular flexibility index (Phi) is 4.26. The molecule has 5 nitrogen and oxygen atoms in total. The van der Waals surface area contributed by atoms with Gasteiger partial charge in [0.1, 0.15) is 4.90 Å². The SMILES string of the molecule is Nc1ccc(Br)cc1S(=O)(=O)NN1CCCCC1. The smallest absolute Gasteiger partial charge is 0.255 e. The maximum atomic E-state index is 12.2. The summed E-state index contributed by atoms with van der Waals surface area (Å²) in [5.74, 6) is 0. The molecule has 0 saturated carbocycles. The third-order valence-electron chi connectivity index (χ3n) is 2.87. The first kappa shape index (κ1) is 13.8. The maximum absolute atomic E-state index is 12.2. The Bertz CT molecular complexity index is 527. The largest absolute Gasteiger partial charge is 0.398 e. The molecule has 3 N–H and O–H groups in total. The number of hydrazine groups is 1. The molecule has 1 fully saturated rings. The van der Waals surface area contributed by atoms with Crippen LogP contribution >= 0.6 is 15.9 Å². The lowest BCUT2D eigenvalue weighted by Gasteiger charge is -2.26. The first-order valence-corrected chi connectivity index (χ1v) is 8.09. The fourth-order valence-corrected chi connectivity index (χ4v) is 3.74. The number of benzene rings is 1. The van der Waals surface area contributed by atoms with Gasteiger partial charge in [-0.25, -0.2) is 13.4 Å². The highest BCUT2D eigenvalue weighted by Gasteiger charge is 2.22. The Hall–Kier alpha value is -0.630. The van der Waals surface area contributed by atoms with Crippen LogP contribution in [0.4, 0.5) is 5.69 Å². The van der Waals surface area contributed by atoms with E-state index >= 15 is 0 Å². The van der Waals surface area contributed by atoms with E-state index < -0.39 is 10.0 Å². The summed E-state index contributed by atoms with van der Waals surface area (Å²) in [7, 11) is -3.59. The lowest BCUT2D eigenvalue weighted by Crippen LogP contribution is -2.45. The number of hydrogen-bond acceptors (Lipinski definition) is 4. The summed E-state index contributed by atoms with van der Waals surface area (Å²) in [4.78, 5) is 2.70. The second kappa shape index (κ2) is 5.56. The van der Waals surface area contributed by atoms with Gasteiger partial charge in [-0.1, -0.05) is 22.4 Å². The van der Waals surface area contributed by atoms with E-state index in [-0.39, 0.29) is 10.6 Å². The molecule has 0 aliphatic carbocycles. The van der Waals surface area contributed by atoms with Gasteiger partial charge >= 0.3 is 0 Å². The first-order valence-electron chi connectivity index (χ1n) is 5.81. The molecule has 0 bridgehead atoms. The molecule has 1 aromatic carbocycles. The predicted octanol–water partition coefficient (Wildman–Crippen LogP) is 1.71.